The van der Waals surface area contributed by atoms with Crippen LogP contribution in [0.4, 0.5) is 22.7 Å². The summed E-state index contributed by atoms with van der Waals surface area (Å²) in [5.74, 6) is 2.06. The molecule has 2 aromatic heterocycles. The predicted octanol–water partition coefficient (Wildman–Crippen LogP) is 16.2. The fourth-order valence-electron chi connectivity index (χ4n) is 9.48. The first-order valence-corrected chi connectivity index (χ1v) is 23.4. The Kier molecular flexibility index (Phi) is 12.1. The van der Waals surface area contributed by atoms with Gasteiger partial charge in [0.25, 0.3) is 0 Å². The van der Waals surface area contributed by atoms with Gasteiger partial charge in [0.2, 0.25) is 0 Å². The third kappa shape index (κ3) is 8.56. The van der Waals surface area contributed by atoms with Crippen molar-refractivity contribution in [1.82, 2.24) is 9.55 Å². The van der Waals surface area contributed by atoms with Gasteiger partial charge in [-0.25, -0.2) is 4.98 Å². The maximum atomic E-state index is 6.98. The zero-order valence-electron chi connectivity index (χ0n) is 40.8. The van der Waals surface area contributed by atoms with Crippen LogP contribution in [0.15, 0.2) is 170 Å². The van der Waals surface area contributed by atoms with Crippen LogP contribution in [-0.2, 0) is 42.7 Å². The molecule has 0 N–H and O–H groups in total. The van der Waals surface area contributed by atoms with Crippen molar-refractivity contribution in [2.24, 2.45) is 0 Å². The summed E-state index contributed by atoms with van der Waals surface area (Å²) in [5, 5.41) is 2.23. The molecule has 0 fully saturated rings. The van der Waals surface area contributed by atoms with Crippen LogP contribution in [0.3, 0.4) is 0 Å². The second-order valence-corrected chi connectivity index (χ2v) is 21.1. The Labute approximate surface area is 417 Å². The molecule has 1 aliphatic rings. The van der Waals surface area contributed by atoms with Gasteiger partial charge in [-0.05, 0) is 91.9 Å². The van der Waals surface area contributed by atoms with Crippen LogP contribution in [-0.4, -0.2) is 9.55 Å². The van der Waals surface area contributed by atoms with Crippen molar-refractivity contribution < 1.29 is 25.8 Å². The normalized spacial score (nSPS) is 13.2. The number of hydrogen-bond acceptors (Lipinski definition) is 4. The van der Waals surface area contributed by atoms with Gasteiger partial charge in [0.05, 0.1) is 0 Å². The molecule has 0 bridgehead atoms. The van der Waals surface area contributed by atoms with E-state index in [2.05, 4.69) is 260 Å². The molecule has 0 atom stereocenters. The van der Waals surface area contributed by atoms with E-state index in [1.807, 2.05) is 12.3 Å². The number of rotatable bonds is 9. The van der Waals surface area contributed by atoms with Crippen molar-refractivity contribution in [1.29, 1.82) is 0 Å². The molecule has 0 aliphatic carbocycles. The van der Waals surface area contributed by atoms with Crippen LogP contribution in [0, 0.1) is 18.8 Å². The summed E-state index contributed by atoms with van der Waals surface area (Å²) < 4.78 is 9.20. The molecule has 3 heterocycles. The Balaban J connectivity index is 0.00000578. The third-order valence-corrected chi connectivity index (χ3v) is 13.9. The zero-order valence-corrected chi connectivity index (χ0v) is 43.0. The molecule has 1 aliphatic heterocycles. The van der Waals surface area contributed by atoms with E-state index in [1.165, 1.54) is 27.8 Å². The van der Waals surface area contributed by atoms with Crippen molar-refractivity contribution in [2.75, 3.05) is 9.80 Å². The number of benzene rings is 7. The van der Waals surface area contributed by atoms with Crippen LogP contribution in [0.25, 0.3) is 27.6 Å². The Morgan fingerprint density at radius 2 is 1.06 bits per heavy atom. The largest absolute Gasteiger partial charge is 0.509 e. The van der Waals surface area contributed by atoms with Gasteiger partial charge in [-0.3, -0.25) is 0 Å². The molecule has 0 saturated carbocycles. The molecular weight excluding hydrogens is 1010 g/mol. The second-order valence-electron chi connectivity index (χ2n) is 21.1. The standard InChI is InChI=1S/C62H59N4O.Pt/c1-59(2,3)45-27-32-55-57(37-45)65(41-64(55)48-28-25-44(26-29-48)61(7,8)42-19-13-11-14-20-42)49-35-47(62(9,10)43-21-15-12-16-22-43)36-51(39-49)67-50-30-31-53-52-23-17-18-24-54(52)66(56(53)40-50)58-38-46(33-34-63-58)60(4,5)6;/h11-38,41H,1-10H3;/q-3;. The molecule has 0 spiro atoms. The summed E-state index contributed by atoms with van der Waals surface area (Å²) in [5.41, 5.74) is 12.8. The summed E-state index contributed by atoms with van der Waals surface area (Å²) >= 11 is 0. The number of para-hydroxylation sites is 1. The Hall–Kier alpha value is -6.42. The minimum atomic E-state index is -0.371. The average molecular weight is 1070 g/mol. The fourth-order valence-corrected chi connectivity index (χ4v) is 9.48. The maximum absolute atomic E-state index is 6.98. The van der Waals surface area contributed by atoms with Crippen molar-refractivity contribution in [2.45, 2.75) is 90.9 Å². The molecule has 7 aromatic carbocycles. The maximum Gasteiger partial charge on any atom is 0.135 e. The quantitative estimate of drug-likeness (QED) is 0.135. The number of pyridine rings is 1. The third-order valence-electron chi connectivity index (χ3n) is 13.9. The smallest absolute Gasteiger partial charge is 0.135 e. The van der Waals surface area contributed by atoms with E-state index < -0.39 is 0 Å². The van der Waals surface area contributed by atoms with Gasteiger partial charge in [-0.15, -0.1) is 53.6 Å². The van der Waals surface area contributed by atoms with Crippen LogP contribution < -0.4 is 14.5 Å². The van der Waals surface area contributed by atoms with Crippen molar-refractivity contribution in [3.63, 3.8) is 0 Å². The van der Waals surface area contributed by atoms with Crippen molar-refractivity contribution >= 4 is 44.6 Å². The van der Waals surface area contributed by atoms with Crippen LogP contribution in [0.5, 0.6) is 11.5 Å². The zero-order chi connectivity index (χ0) is 46.9. The number of nitrogens with zero attached hydrogens (tertiary/aromatic N) is 4. The molecule has 346 valence electrons. The molecular formula is C62H59N4OPt-3. The molecule has 10 rings (SSSR count). The summed E-state index contributed by atoms with van der Waals surface area (Å²) in [6.45, 7) is 24.9. The fraction of sp³-hybridized carbons (Fsp3) is 0.226. The SMILES string of the molecule is CC(C)(C)c1ccnc(-n2c3[c-]c(Oc4[c-]c(N5[CH-]N(c6ccc(C(C)(C)c7ccccc7)cc6)c6ccc(C(C)(C)C)cc65)cc(C(C)(C)c5ccccc5)c4)ccc3c3ccccc32)c1.[Pt]. The summed E-state index contributed by atoms with van der Waals surface area (Å²) in [6, 6.07) is 66.2. The molecule has 0 amide bonds. The van der Waals surface area contributed by atoms with E-state index in [1.54, 1.807) is 0 Å². The second kappa shape index (κ2) is 17.6. The monoisotopic (exact) mass is 1070 g/mol. The van der Waals surface area contributed by atoms with Gasteiger partial charge in [-0.1, -0.05) is 172 Å². The Bertz CT molecular complexity index is 3270. The molecule has 9 aromatic rings. The van der Waals surface area contributed by atoms with E-state index in [0.717, 1.165) is 55.9 Å². The van der Waals surface area contributed by atoms with Crippen LogP contribution >= 0.6 is 0 Å². The molecule has 0 unspecified atom stereocenters. The first-order valence-electron chi connectivity index (χ1n) is 23.4. The molecule has 68 heavy (non-hydrogen) atoms. The Morgan fingerprint density at radius 3 is 1.72 bits per heavy atom. The molecule has 0 radical (unpaired) electrons. The van der Waals surface area contributed by atoms with Gasteiger partial charge in [-0.2, -0.15) is 6.07 Å². The minimum absolute atomic E-state index is 0. The average Bonchev–Trinajstić information content (AvgIpc) is 3.87. The number of ether oxygens (including phenoxy) is 1. The summed E-state index contributed by atoms with van der Waals surface area (Å²) in [4.78, 5) is 9.49. The van der Waals surface area contributed by atoms with Crippen molar-refractivity contribution in [3.05, 3.63) is 222 Å². The summed E-state index contributed by atoms with van der Waals surface area (Å²) in [6.07, 6.45) is 1.91. The molecule has 6 heteroatoms. The van der Waals surface area contributed by atoms with Crippen LogP contribution in [0.1, 0.15) is 103 Å². The Morgan fingerprint density at radius 1 is 0.471 bits per heavy atom. The minimum Gasteiger partial charge on any atom is -0.509 e. The van der Waals surface area contributed by atoms with Gasteiger partial charge in [0, 0.05) is 66.8 Å². The van der Waals surface area contributed by atoms with Gasteiger partial charge >= 0.3 is 0 Å². The number of fused-ring (bicyclic) bond motifs is 4. The van der Waals surface area contributed by atoms with Crippen molar-refractivity contribution in [3.8, 4) is 17.3 Å². The topological polar surface area (TPSA) is 33.5 Å². The first-order chi connectivity index (χ1) is 32.0. The number of aromatic nitrogens is 2. The first kappa shape index (κ1) is 46.7. The van der Waals surface area contributed by atoms with E-state index >= 15 is 0 Å². The summed E-state index contributed by atoms with van der Waals surface area (Å²) in [7, 11) is 0. The number of anilines is 4. The van der Waals surface area contributed by atoms with Crippen LogP contribution in [0.2, 0.25) is 0 Å². The van der Waals surface area contributed by atoms with Gasteiger partial charge < -0.3 is 19.1 Å². The molecule has 5 nitrogen and oxygen atoms in total. The van der Waals surface area contributed by atoms with Gasteiger partial charge in [0.1, 0.15) is 5.82 Å². The molecule has 0 saturated heterocycles. The van der Waals surface area contributed by atoms with E-state index in [4.69, 9.17) is 9.72 Å². The number of hydrogen-bond donors (Lipinski definition) is 0. The van der Waals surface area contributed by atoms with Gasteiger partial charge in [0.15, 0.2) is 0 Å². The predicted molar refractivity (Wildman–Crippen MR) is 279 cm³/mol. The van der Waals surface area contributed by atoms with E-state index in [0.29, 0.717) is 11.5 Å². The van der Waals surface area contributed by atoms with E-state index in [9.17, 15) is 0 Å². The van der Waals surface area contributed by atoms with E-state index in [-0.39, 0.29) is 42.7 Å².